The van der Waals surface area contributed by atoms with E-state index in [1.807, 2.05) is 4.90 Å². The van der Waals surface area contributed by atoms with Crippen LogP contribution in [0.4, 0.5) is 0 Å². The molecule has 9 heteroatoms. The Bertz CT molecular complexity index is 768. The van der Waals surface area contributed by atoms with Crippen molar-refractivity contribution in [3.63, 3.8) is 0 Å². The maximum atomic E-state index is 12.6. The van der Waals surface area contributed by atoms with Gasteiger partial charge in [0.25, 0.3) is 0 Å². The van der Waals surface area contributed by atoms with Gasteiger partial charge >= 0.3 is 0 Å². The molecule has 1 aliphatic heterocycles. The van der Waals surface area contributed by atoms with E-state index in [0.717, 1.165) is 25.8 Å². The second kappa shape index (κ2) is 10.9. The van der Waals surface area contributed by atoms with Crippen molar-refractivity contribution >= 4 is 34.1 Å². The molecule has 1 atom stereocenters. The Morgan fingerprint density at radius 3 is 2.43 bits per heavy atom. The fourth-order valence-electron chi connectivity index (χ4n) is 3.33. The molecule has 158 valence electrons. The van der Waals surface area contributed by atoms with E-state index in [9.17, 15) is 18.0 Å². The van der Waals surface area contributed by atoms with Gasteiger partial charge in [-0.2, -0.15) is 0 Å². The molecule has 0 aromatic heterocycles. The van der Waals surface area contributed by atoms with E-state index in [4.69, 9.17) is 5.73 Å². The van der Waals surface area contributed by atoms with Crippen LogP contribution < -0.4 is 5.73 Å². The summed E-state index contributed by atoms with van der Waals surface area (Å²) in [5.74, 6) is -0.0685. The largest absolute Gasteiger partial charge is 0.338 e. The molecule has 0 bridgehead atoms. The highest BCUT2D eigenvalue weighted by Crippen LogP contribution is 2.19. The normalized spacial score (nSPS) is 17.3. The Hall–Kier alpha value is -1.48. The number of benzene rings is 1. The number of piperidine rings is 1. The molecule has 1 aromatic rings. The Labute approximate surface area is 173 Å². The second-order valence-electron chi connectivity index (χ2n) is 6.98. The zero-order chi connectivity index (χ0) is 20.0. The predicted molar refractivity (Wildman–Crippen MR) is 111 cm³/mol. The fourth-order valence-corrected chi connectivity index (χ4v) is 4.54. The zero-order valence-electron chi connectivity index (χ0n) is 16.5. The molecule has 1 fully saturated rings. The topological polar surface area (TPSA) is 101 Å². The molecule has 7 nitrogen and oxygen atoms in total. The van der Waals surface area contributed by atoms with E-state index < -0.39 is 10.0 Å². The van der Waals surface area contributed by atoms with E-state index in [1.165, 1.54) is 42.5 Å². The van der Waals surface area contributed by atoms with Gasteiger partial charge in [0.2, 0.25) is 15.9 Å². The highest BCUT2D eigenvalue weighted by molar-refractivity contribution is 7.89. The Kier molecular flexibility index (Phi) is 9.56. The van der Waals surface area contributed by atoms with Gasteiger partial charge in [-0.3, -0.25) is 9.59 Å². The first-order chi connectivity index (χ1) is 12.8. The van der Waals surface area contributed by atoms with Crippen LogP contribution >= 0.6 is 12.4 Å². The van der Waals surface area contributed by atoms with Crippen LogP contribution in [-0.4, -0.2) is 62.0 Å². The Morgan fingerprint density at radius 2 is 1.86 bits per heavy atom. The van der Waals surface area contributed by atoms with E-state index in [1.54, 1.807) is 0 Å². The number of likely N-dealkylation sites (tertiary alicyclic amines) is 1. The number of halogens is 1. The number of nitrogens with two attached hydrogens (primary N) is 1. The summed E-state index contributed by atoms with van der Waals surface area (Å²) < 4.78 is 26.5. The van der Waals surface area contributed by atoms with Gasteiger partial charge < -0.3 is 10.6 Å². The fraction of sp³-hybridized carbons (Fsp3) is 0.579. The van der Waals surface area contributed by atoms with Crippen molar-refractivity contribution in [3.05, 3.63) is 29.8 Å². The Balaban J connectivity index is 0.00000392. The van der Waals surface area contributed by atoms with Gasteiger partial charge in [0.15, 0.2) is 5.78 Å². The van der Waals surface area contributed by atoms with Gasteiger partial charge in [-0.15, -0.1) is 12.4 Å². The first-order valence-corrected chi connectivity index (χ1v) is 10.8. The summed E-state index contributed by atoms with van der Waals surface area (Å²) in [6.45, 7) is 2.89. The number of hydrogen-bond acceptors (Lipinski definition) is 5. The molecular formula is C19H30ClN3O4S. The minimum absolute atomic E-state index is 0. The summed E-state index contributed by atoms with van der Waals surface area (Å²) in [7, 11) is -2.14. The lowest BCUT2D eigenvalue weighted by Gasteiger charge is -2.35. The maximum Gasteiger partial charge on any atom is 0.242 e. The molecule has 0 spiro atoms. The van der Waals surface area contributed by atoms with E-state index in [0.29, 0.717) is 24.9 Å². The third kappa shape index (κ3) is 6.01. The number of amides is 1. The quantitative estimate of drug-likeness (QED) is 0.635. The van der Waals surface area contributed by atoms with Crippen LogP contribution in [0.1, 0.15) is 49.4 Å². The molecule has 0 aliphatic carbocycles. The molecular weight excluding hydrogens is 402 g/mol. The highest BCUT2D eigenvalue weighted by Gasteiger charge is 2.26. The SMILES string of the molecule is CC(=O)c1ccc(S(=O)(=O)N(C)CCCC(=O)N2CCCCC2CN)cc1.Cl. The van der Waals surface area contributed by atoms with E-state index in [-0.39, 0.29) is 41.6 Å². The van der Waals surface area contributed by atoms with E-state index in [2.05, 4.69) is 0 Å². The molecule has 1 unspecified atom stereocenters. The van der Waals surface area contributed by atoms with Crippen LogP contribution in [0, 0.1) is 0 Å². The lowest BCUT2D eigenvalue weighted by molar-refractivity contribution is -0.134. The van der Waals surface area contributed by atoms with Crippen molar-refractivity contribution in [3.8, 4) is 0 Å². The molecule has 1 aliphatic rings. The third-order valence-electron chi connectivity index (χ3n) is 5.05. The number of hydrogen-bond donors (Lipinski definition) is 1. The maximum absolute atomic E-state index is 12.6. The highest BCUT2D eigenvalue weighted by atomic mass is 35.5. The molecule has 0 saturated carbocycles. The Morgan fingerprint density at radius 1 is 1.21 bits per heavy atom. The molecule has 1 aromatic carbocycles. The minimum atomic E-state index is -3.64. The van der Waals surface area contributed by atoms with Gasteiger partial charge in [-0.1, -0.05) is 12.1 Å². The number of rotatable bonds is 8. The van der Waals surface area contributed by atoms with Gasteiger partial charge in [-0.05, 0) is 44.7 Å². The van der Waals surface area contributed by atoms with Crippen LogP contribution in [0.3, 0.4) is 0 Å². The second-order valence-corrected chi connectivity index (χ2v) is 9.03. The molecule has 28 heavy (non-hydrogen) atoms. The molecule has 2 rings (SSSR count). The number of sulfonamides is 1. The van der Waals surface area contributed by atoms with E-state index >= 15 is 0 Å². The van der Waals surface area contributed by atoms with Crippen molar-refractivity contribution in [2.75, 3.05) is 26.7 Å². The van der Waals surface area contributed by atoms with Crippen molar-refractivity contribution in [1.29, 1.82) is 0 Å². The lowest BCUT2D eigenvalue weighted by atomic mass is 10.0. The summed E-state index contributed by atoms with van der Waals surface area (Å²) >= 11 is 0. The van der Waals surface area contributed by atoms with Gasteiger partial charge in [0, 0.05) is 44.7 Å². The third-order valence-corrected chi connectivity index (χ3v) is 6.92. The molecule has 0 radical (unpaired) electrons. The van der Waals surface area contributed by atoms with Gasteiger partial charge in [-0.25, -0.2) is 12.7 Å². The standard InChI is InChI=1S/C19H29N3O4S.ClH/c1-15(23)16-8-10-18(11-9-16)27(25,26)21(2)12-5-7-19(24)22-13-4-3-6-17(22)14-20;/h8-11,17H,3-7,12-14,20H2,1-2H3;1H. The summed E-state index contributed by atoms with van der Waals surface area (Å²) in [5.41, 5.74) is 6.23. The van der Waals surface area contributed by atoms with Crippen LogP contribution in [0.25, 0.3) is 0 Å². The molecule has 2 N–H and O–H groups in total. The summed E-state index contributed by atoms with van der Waals surface area (Å²) in [5, 5.41) is 0. The minimum Gasteiger partial charge on any atom is -0.338 e. The van der Waals surface area contributed by atoms with Crippen molar-refractivity contribution in [2.45, 2.75) is 50.0 Å². The number of nitrogens with zero attached hydrogens (tertiary/aromatic N) is 2. The molecule has 1 heterocycles. The van der Waals surface area contributed by atoms with Crippen LogP contribution in [0.5, 0.6) is 0 Å². The number of ketones is 1. The number of carbonyl (C=O) groups is 2. The molecule has 1 amide bonds. The first-order valence-electron chi connectivity index (χ1n) is 9.34. The monoisotopic (exact) mass is 431 g/mol. The van der Waals surface area contributed by atoms with Crippen LogP contribution in [-0.2, 0) is 14.8 Å². The van der Waals surface area contributed by atoms with Crippen molar-refractivity contribution < 1.29 is 18.0 Å². The van der Waals surface area contributed by atoms with Gasteiger partial charge in [0.05, 0.1) is 4.90 Å². The predicted octanol–water partition coefficient (Wildman–Crippen LogP) is 2.05. The number of Topliss-reactive ketones (excluding diaryl/α,β-unsaturated/α-hetero) is 1. The van der Waals surface area contributed by atoms with Crippen molar-refractivity contribution in [2.24, 2.45) is 5.73 Å². The first kappa shape index (κ1) is 24.6. The van der Waals surface area contributed by atoms with Crippen LogP contribution in [0.15, 0.2) is 29.2 Å². The average molecular weight is 432 g/mol. The van der Waals surface area contributed by atoms with Crippen molar-refractivity contribution in [1.82, 2.24) is 9.21 Å². The summed E-state index contributed by atoms with van der Waals surface area (Å²) in [4.78, 5) is 25.7. The van der Waals surface area contributed by atoms with Crippen LogP contribution in [0.2, 0.25) is 0 Å². The summed E-state index contributed by atoms with van der Waals surface area (Å²) in [6.07, 6.45) is 3.78. The van der Waals surface area contributed by atoms with Gasteiger partial charge in [0.1, 0.15) is 0 Å². The number of carbonyl (C=O) groups excluding carboxylic acids is 2. The smallest absolute Gasteiger partial charge is 0.242 e. The lowest BCUT2D eigenvalue weighted by Crippen LogP contribution is -2.47. The molecule has 1 saturated heterocycles. The zero-order valence-corrected chi connectivity index (χ0v) is 18.1. The summed E-state index contributed by atoms with van der Waals surface area (Å²) in [6, 6.07) is 6.00. The average Bonchev–Trinajstić information content (AvgIpc) is 2.67.